The first kappa shape index (κ1) is 10.7. The largest absolute Gasteiger partial charge is 0.306 e. The summed E-state index contributed by atoms with van der Waals surface area (Å²) in [6, 6.07) is 0. The fraction of sp³-hybridized carbons (Fsp3) is 0.444. The van der Waals surface area contributed by atoms with Crippen molar-refractivity contribution in [2.75, 3.05) is 0 Å². The minimum Gasteiger partial charge on any atom is -0.229 e. The van der Waals surface area contributed by atoms with Gasteiger partial charge in [-0.3, -0.25) is 0 Å². The van der Waals surface area contributed by atoms with E-state index in [0.29, 0.717) is 0 Å². The Morgan fingerprint density at radius 3 is 2.07 bits per heavy atom. The predicted molar refractivity (Wildman–Crippen MR) is 53.8 cm³/mol. The second-order valence-electron chi connectivity index (χ2n) is 3.12. The molecule has 0 aliphatic carbocycles. The number of nitrogens with zero attached hydrogens (tertiary/aromatic N) is 4. The van der Waals surface area contributed by atoms with Gasteiger partial charge in [-0.05, 0) is 0 Å². The van der Waals surface area contributed by atoms with E-state index in [4.69, 9.17) is 10.5 Å². The van der Waals surface area contributed by atoms with Gasteiger partial charge in [-0.25, -0.2) is 9.13 Å². The van der Waals surface area contributed by atoms with Crippen molar-refractivity contribution in [2.24, 2.45) is 14.1 Å². The van der Waals surface area contributed by atoms with E-state index in [0.717, 1.165) is 17.0 Å². The molecule has 1 aromatic rings. The first-order valence-corrected chi connectivity index (χ1v) is 5.50. The van der Waals surface area contributed by atoms with Crippen molar-refractivity contribution in [1.82, 2.24) is 4.57 Å². The number of nitriles is 2. The minimum atomic E-state index is -1.35. The molecular weight excluding hydrogens is 195 g/mol. The van der Waals surface area contributed by atoms with Crippen molar-refractivity contribution in [2.45, 2.75) is 13.8 Å². The monoisotopic (exact) mass is 207 g/mol. The number of imidazole rings is 1. The van der Waals surface area contributed by atoms with E-state index in [-0.39, 0.29) is 0 Å². The molecule has 0 amide bonds. The molecule has 0 saturated carbocycles. The van der Waals surface area contributed by atoms with Gasteiger partial charge in [0, 0.05) is 13.8 Å². The van der Waals surface area contributed by atoms with E-state index >= 15 is 0 Å². The SMILES string of the molecule is Cc1c(C)[n+](C)c(P(C#N)C#N)n1C. The first-order chi connectivity index (χ1) is 6.54. The summed E-state index contributed by atoms with van der Waals surface area (Å²) >= 11 is 0. The van der Waals surface area contributed by atoms with Gasteiger partial charge >= 0.3 is 5.57 Å². The van der Waals surface area contributed by atoms with Gasteiger partial charge < -0.3 is 0 Å². The summed E-state index contributed by atoms with van der Waals surface area (Å²) in [5.41, 5.74) is 3.00. The number of aromatic nitrogens is 2. The van der Waals surface area contributed by atoms with Gasteiger partial charge in [0.25, 0.3) is 0 Å². The van der Waals surface area contributed by atoms with Gasteiger partial charge in [0.2, 0.25) is 7.92 Å². The third kappa shape index (κ3) is 1.39. The zero-order chi connectivity index (χ0) is 10.9. The Morgan fingerprint density at radius 1 is 1.29 bits per heavy atom. The highest BCUT2D eigenvalue weighted by atomic mass is 31.1. The number of hydrogen-bond donors (Lipinski definition) is 0. The summed E-state index contributed by atoms with van der Waals surface area (Å²) in [4.78, 5) is 0. The van der Waals surface area contributed by atoms with Gasteiger partial charge in [-0.1, -0.05) is 0 Å². The van der Waals surface area contributed by atoms with Gasteiger partial charge in [-0.15, -0.1) is 0 Å². The molecule has 0 unspecified atom stereocenters. The van der Waals surface area contributed by atoms with Crippen molar-refractivity contribution >= 4 is 13.5 Å². The van der Waals surface area contributed by atoms with Crippen LogP contribution in [0.3, 0.4) is 0 Å². The highest BCUT2D eigenvalue weighted by Crippen LogP contribution is 2.29. The molecule has 1 rings (SSSR count). The fourth-order valence-electron chi connectivity index (χ4n) is 1.42. The molecule has 5 heteroatoms. The summed E-state index contributed by atoms with van der Waals surface area (Å²) in [5.74, 6) is 4.10. The highest BCUT2D eigenvalue weighted by molar-refractivity contribution is 7.74. The summed E-state index contributed by atoms with van der Waals surface area (Å²) in [5, 5.41) is 17.7. The normalized spacial score (nSPS) is 9.93. The predicted octanol–water partition coefficient (Wildman–Crippen LogP) is 0.536. The third-order valence-electron chi connectivity index (χ3n) is 2.53. The number of rotatable bonds is 1. The van der Waals surface area contributed by atoms with E-state index < -0.39 is 7.92 Å². The molecule has 0 bridgehead atoms. The van der Waals surface area contributed by atoms with E-state index in [1.54, 1.807) is 0 Å². The Balaban J connectivity index is 3.45. The molecule has 0 aliphatic heterocycles. The lowest BCUT2D eigenvalue weighted by molar-refractivity contribution is -0.658. The molecular formula is C9H12N4P+. The van der Waals surface area contributed by atoms with Crippen LogP contribution in [0.4, 0.5) is 0 Å². The number of hydrogen-bond acceptors (Lipinski definition) is 2. The second-order valence-corrected chi connectivity index (χ2v) is 4.60. The Kier molecular flexibility index (Phi) is 2.89. The maximum atomic E-state index is 8.86. The standard InChI is InChI=1S/C9H12N4P/c1-7-8(2)13(4)9(12(7)3)14(5-10)6-11/h1-4H3/q+1. The lowest BCUT2D eigenvalue weighted by Gasteiger charge is -1.96. The Bertz CT molecular complexity index is 407. The molecule has 0 aromatic carbocycles. The second kappa shape index (κ2) is 3.78. The summed E-state index contributed by atoms with van der Waals surface area (Å²) in [6.07, 6.45) is 0. The van der Waals surface area contributed by atoms with Crippen molar-refractivity contribution < 1.29 is 4.57 Å². The molecule has 0 radical (unpaired) electrons. The molecule has 72 valence electrons. The molecule has 4 nitrogen and oxygen atoms in total. The van der Waals surface area contributed by atoms with Gasteiger partial charge in [-0.2, -0.15) is 10.5 Å². The van der Waals surface area contributed by atoms with Crippen LogP contribution in [0.15, 0.2) is 0 Å². The van der Waals surface area contributed by atoms with Crippen LogP contribution in [0, 0.1) is 36.0 Å². The fourth-order valence-corrected chi connectivity index (χ4v) is 2.55. The summed E-state index contributed by atoms with van der Waals surface area (Å²) in [6.45, 7) is 3.97. The van der Waals surface area contributed by atoms with Gasteiger partial charge in [0.15, 0.2) is 0 Å². The van der Waals surface area contributed by atoms with Crippen molar-refractivity contribution in [3.8, 4) is 11.6 Å². The first-order valence-electron chi connectivity index (χ1n) is 4.16. The molecule has 0 N–H and O–H groups in total. The Hall–Kier alpha value is -1.38. The lowest BCUT2D eigenvalue weighted by atomic mass is 10.4. The molecule has 0 aliphatic rings. The molecule has 0 spiro atoms. The van der Waals surface area contributed by atoms with Crippen molar-refractivity contribution in [1.29, 1.82) is 10.5 Å². The molecule has 1 aromatic heterocycles. The summed E-state index contributed by atoms with van der Waals surface area (Å²) in [7, 11) is 2.43. The van der Waals surface area contributed by atoms with E-state index in [1.165, 1.54) is 0 Å². The van der Waals surface area contributed by atoms with Crippen LogP contribution in [-0.2, 0) is 14.1 Å². The Labute approximate surface area is 84.8 Å². The minimum absolute atomic E-state index is 0.806. The smallest absolute Gasteiger partial charge is 0.229 e. The lowest BCUT2D eigenvalue weighted by Crippen LogP contribution is -2.45. The molecule has 0 fully saturated rings. The quantitative estimate of drug-likeness (QED) is 0.498. The maximum Gasteiger partial charge on any atom is 0.306 e. The van der Waals surface area contributed by atoms with E-state index in [2.05, 4.69) is 11.6 Å². The van der Waals surface area contributed by atoms with Gasteiger partial charge in [0.1, 0.15) is 23.0 Å². The van der Waals surface area contributed by atoms with Crippen molar-refractivity contribution in [3.63, 3.8) is 0 Å². The average molecular weight is 207 g/mol. The van der Waals surface area contributed by atoms with Crippen molar-refractivity contribution in [3.05, 3.63) is 11.4 Å². The van der Waals surface area contributed by atoms with Crippen LogP contribution in [0.5, 0.6) is 0 Å². The van der Waals surface area contributed by atoms with E-state index in [9.17, 15) is 0 Å². The van der Waals surface area contributed by atoms with Crippen LogP contribution >= 0.6 is 7.92 Å². The van der Waals surface area contributed by atoms with E-state index in [1.807, 2.05) is 37.1 Å². The van der Waals surface area contributed by atoms with Crippen LogP contribution in [-0.4, -0.2) is 4.57 Å². The van der Waals surface area contributed by atoms with Crippen LogP contribution in [0.25, 0.3) is 0 Å². The molecule has 14 heavy (non-hydrogen) atoms. The average Bonchev–Trinajstić information content (AvgIpc) is 2.37. The van der Waals surface area contributed by atoms with Crippen LogP contribution in [0.1, 0.15) is 11.4 Å². The highest BCUT2D eigenvalue weighted by Gasteiger charge is 2.29. The maximum absolute atomic E-state index is 8.86. The molecule has 0 atom stereocenters. The Morgan fingerprint density at radius 2 is 1.79 bits per heavy atom. The summed E-state index contributed by atoms with van der Waals surface area (Å²) < 4.78 is 3.85. The van der Waals surface area contributed by atoms with Crippen LogP contribution in [0.2, 0.25) is 0 Å². The van der Waals surface area contributed by atoms with Crippen LogP contribution < -0.4 is 10.1 Å². The zero-order valence-corrected chi connectivity index (χ0v) is 9.63. The topological polar surface area (TPSA) is 56.4 Å². The molecule has 0 saturated heterocycles. The van der Waals surface area contributed by atoms with Gasteiger partial charge in [0.05, 0.1) is 14.1 Å². The zero-order valence-electron chi connectivity index (χ0n) is 8.74. The third-order valence-corrected chi connectivity index (χ3v) is 3.93. The molecule has 1 heterocycles.